The first kappa shape index (κ1) is 14.7. The fourth-order valence-electron chi connectivity index (χ4n) is 2.07. The van der Waals surface area contributed by atoms with Crippen molar-refractivity contribution >= 4 is 10.9 Å². The van der Waals surface area contributed by atoms with Crippen molar-refractivity contribution in [1.82, 2.24) is 14.9 Å². The van der Waals surface area contributed by atoms with Gasteiger partial charge in [0.2, 0.25) is 0 Å². The Kier molecular flexibility index (Phi) is 4.87. The van der Waals surface area contributed by atoms with E-state index in [2.05, 4.69) is 14.9 Å². The summed E-state index contributed by atoms with van der Waals surface area (Å²) in [6.07, 6.45) is 1.16. The molecular weight excluding hydrogens is 254 g/mol. The summed E-state index contributed by atoms with van der Waals surface area (Å²) in [5.41, 5.74) is 0.648. The number of fused-ring (bicyclic) bond motifs is 1. The molecule has 2 aromatic rings. The number of benzene rings is 1. The van der Waals surface area contributed by atoms with Gasteiger partial charge < -0.3 is 15.0 Å². The molecule has 0 aliphatic carbocycles. The highest BCUT2D eigenvalue weighted by atomic mass is 16.3. The van der Waals surface area contributed by atoms with Crippen LogP contribution in [0.5, 0.6) is 0 Å². The lowest BCUT2D eigenvalue weighted by Crippen LogP contribution is -2.26. The topological polar surface area (TPSA) is 69.2 Å². The second kappa shape index (κ2) is 6.63. The van der Waals surface area contributed by atoms with Gasteiger partial charge in [-0.15, -0.1) is 0 Å². The minimum absolute atomic E-state index is 0.0859. The van der Waals surface area contributed by atoms with E-state index in [9.17, 15) is 9.90 Å². The highest BCUT2D eigenvalue weighted by Gasteiger charge is 2.05. The van der Waals surface area contributed by atoms with Crippen molar-refractivity contribution in [2.75, 3.05) is 20.1 Å². The highest BCUT2D eigenvalue weighted by Crippen LogP contribution is 2.06. The van der Waals surface area contributed by atoms with E-state index in [1.165, 1.54) is 0 Å². The number of aromatic amines is 1. The Hall–Kier alpha value is -1.72. The summed E-state index contributed by atoms with van der Waals surface area (Å²) in [7, 11) is 2.00. The number of aliphatic hydroxyl groups is 1. The molecule has 5 nitrogen and oxygen atoms in total. The van der Waals surface area contributed by atoms with Crippen molar-refractivity contribution in [2.45, 2.75) is 25.9 Å². The molecule has 0 bridgehead atoms. The molecular formula is C15H21N3O2. The van der Waals surface area contributed by atoms with E-state index in [4.69, 9.17) is 0 Å². The number of nitrogens with zero attached hydrogens (tertiary/aromatic N) is 2. The van der Waals surface area contributed by atoms with Gasteiger partial charge in [-0.1, -0.05) is 12.1 Å². The highest BCUT2D eigenvalue weighted by molar-refractivity contribution is 5.77. The lowest BCUT2D eigenvalue weighted by atomic mass is 10.2. The average molecular weight is 275 g/mol. The maximum absolute atomic E-state index is 11.9. The number of rotatable bonds is 6. The molecule has 0 fully saturated rings. The molecule has 1 atom stereocenters. The Morgan fingerprint density at radius 1 is 1.35 bits per heavy atom. The van der Waals surface area contributed by atoms with Crippen molar-refractivity contribution in [2.24, 2.45) is 0 Å². The molecule has 0 amide bonds. The molecule has 20 heavy (non-hydrogen) atoms. The largest absolute Gasteiger partial charge is 0.393 e. The fraction of sp³-hybridized carbons (Fsp3) is 0.467. The second-order valence-electron chi connectivity index (χ2n) is 5.22. The van der Waals surface area contributed by atoms with E-state index in [0.717, 1.165) is 25.0 Å². The van der Waals surface area contributed by atoms with Crippen molar-refractivity contribution in [1.29, 1.82) is 0 Å². The van der Waals surface area contributed by atoms with Crippen LogP contribution in [0.2, 0.25) is 0 Å². The SMILES string of the molecule is CC(O)CCN(C)CCc1nc2ccccc2c(=O)[nH]1. The van der Waals surface area contributed by atoms with Gasteiger partial charge in [-0.2, -0.15) is 0 Å². The molecule has 5 heteroatoms. The minimum atomic E-state index is -0.281. The number of para-hydroxylation sites is 1. The van der Waals surface area contributed by atoms with Crippen LogP contribution in [0.15, 0.2) is 29.1 Å². The number of hydrogen-bond acceptors (Lipinski definition) is 4. The lowest BCUT2D eigenvalue weighted by molar-refractivity contribution is 0.164. The molecule has 0 spiro atoms. The molecule has 2 rings (SSSR count). The van der Waals surface area contributed by atoms with E-state index in [0.29, 0.717) is 17.6 Å². The Balaban J connectivity index is 2.01. The van der Waals surface area contributed by atoms with Crippen LogP contribution in [-0.2, 0) is 6.42 Å². The van der Waals surface area contributed by atoms with Gasteiger partial charge in [0, 0.05) is 19.5 Å². The standard InChI is InChI=1S/C15H21N3O2/c1-11(19)7-9-18(2)10-8-14-16-13-6-4-3-5-12(13)15(20)17-14/h3-6,11,19H,7-10H2,1-2H3,(H,16,17,20). The summed E-state index contributed by atoms with van der Waals surface area (Å²) >= 11 is 0. The van der Waals surface area contributed by atoms with Crippen LogP contribution in [0.4, 0.5) is 0 Å². The van der Waals surface area contributed by atoms with Gasteiger partial charge in [0.25, 0.3) is 5.56 Å². The van der Waals surface area contributed by atoms with Gasteiger partial charge in [-0.25, -0.2) is 4.98 Å². The Morgan fingerprint density at radius 3 is 2.85 bits per heavy atom. The van der Waals surface area contributed by atoms with Gasteiger partial charge in [-0.05, 0) is 32.5 Å². The lowest BCUT2D eigenvalue weighted by Gasteiger charge is -2.17. The summed E-state index contributed by atoms with van der Waals surface area (Å²) in [5, 5.41) is 9.88. The number of likely N-dealkylation sites (N-methyl/N-ethyl adjacent to an activating group) is 1. The predicted molar refractivity (Wildman–Crippen MR) is 79.9 cm³/mol. The molecule has 1 unspecified atom stereocenters. The summed E-state index contributed by atoms with van der Waals surface area (Å²) in [6.45, 7) is 3.42. The van der Waals surface area contributed by atoms with Gasteiger partial charge in [0.15, 0.2) is 0 Å². The van der Waals surface area contributed by atoms with Crippen LogP contribution in [0.3, 0.4) is 0 Å². The quantitative estimate of drug-likeness (QED) is 0.830. The van der Waals surface area contributed by atoms with Crippen LogP contribution in [0.25, 0.3) is 10.9 Å². The molecule has 0 aliphatic rings. The maximum atomic E-state index is 11.9. The number of hydrogen-bond donors (Lipinski definition) is 2. The molecule has 1 heterocycles. The van der Waals surface area contributed by atoms with Crippen molar-refractivity contribution in [3.05, 3.63) is 40.4 Å². The van der Waals surface area contributed by atoms with Crippen molar-refractivity contribution in [3.63, 3.8) is 0 Å². The number of aliphatic hydroxyl groups excluding tert-OH is 1. The molecule has 2 N–H and O–H groups in total. The molecule has 0 aliphatic heterocycles. The number of nitrogens with one attached hydrogen (secondary N) is 1. The third-order valence-corrected chi connectivity index (χ3v) is 3.32. The Bertz CT molecular complexity index is 622. The van der Waals surface area contributed by atoms with Gasteiger partial charge in [-0.3, -0.25) is 4.79 Å². The van der Waals surface area contributed by atoms with Crippen LogP contribution < -0.4 is 5.56 Å². The summed E-state index contributed by atoms with van der Waals surface area (Å²) < 4.78 is 0. The molecule has 108 valence electrons. The van der Waals surface area contributed by atoms with E-state index in [1.54, 1.807) is 13.0 Å². The van der Waals surface area contributed by atoms with Crippen LogP contribution in [0, 0.1) is 0 Å². The molecule has 0 saturated heterocycles. The first-order valence-electron chi connectivity index (χ1n) is 6.91. The second-order valence-corrected chi connectivity index (χ2v) is 5.22. The monoisotopic (exact) mass is 275 g/mol. The Morgan fingerprint density at radius 2 is 2.10 bits per heavy atom. The predicted octanol–water partition coefficient (Wildman–Crippen LogP) is 1.17. The average Bonchev–Trinajstić information content (AvgIpc) is 2.43. The Labute approximate surface area is 118 Å². The van der Waals surface area contributed by atoms with Crippen molar-refractivity contribution in [3.8, 4) is 0 Å². The van der Waals surface area contributed by atoms with Crippen LogP contribution in [0.1, 0.15) is 19.2 Å². The normalized spacial score (nSPS) is 13.0. The van der Waals surface area contributed by atoms with Gasteiger partial charge in [0.1, 0.15) is 5.82 Å². The zero-order valence-electron chi connectivity index (χ0n) is 12.0. The van der Waals surface area contributed by atoms with E-state index >= 15 is 0 Å². The maximum Gasteiger partial charge on any atom is 0.258 e. The third-order valence-electron chi connectivity index (χ3n) is 3.32. The van der Waals surface area contributed by atoms with Crippen LogP contribution in [-0.4, -0.2) is 46.2 Å². The van der Waals surface area contributed by atoms with E-state index in [-0.39, 0.29) is 11.7 Å². The van der Waals surface area contributed by atoms with Gasteiger partial charge in [0.05, 0.1) is 17.0 Å². The van der Waals surface area contributed by atoms with E-state index < -0.39 is 0 Å². The van der Waals surface area contributed by atoms with Crippen molar-refractivity contribution < 1.29 is 5.11 Å². The van der Waals surface area contributed by atoms with E-state index in [1.807, 2.05) is 25.2 Å². The molecule has 0 saturated carbocycles. The first-order valence-corrected chi connectivity index (χ1v) is 6.91. The molecule has 1 aromatic heterocycles. The third kappa shape index (κ3) is 3.88. The van der Waals surface area contributed by atoms with Crippen LogP contribution >= 0.6 is 0 Å². The zero-order valence-corrected chi connectivity index (χ0v) is 12.0. The summed E-state index contributed by atoms with van der Waals surface area (Å²) in [5.74, 6) is 0.706. The number of aromatic nitrogens is 2. The fourth-order valence-corrected chi connectivity index (χ4v) is 2.07. The molecule has 1 aromatic carbocycles. The minimum Gasteiger partial charge on any atom is -0.393 e. The zero-order chi connectivity index (χ0) is 14.5. The first-order chi connectivity index (χ1) is 9.56. The number of H-pyrrole nitrogens is 1. The summed E-state index contributed by atoms with van der Waals surface area (Å²) in [6, 6.07) is 7.35. The smallest absolute Gasteiger partial charge is 0.258 e. The van der Waals surface area contributed by atoms with Gasteiger partial charge >= 0.3 is 0 Å². The summed E-state index contributed by atoms with van der Waals surface area (Å²) in [4.78, 5) is 21.3. The molecule has 0 radical (unpaired) electrons.